The van der Waals surface area contributed by atoms with Crippen LogP contribution in [-0.2, 0) is 11.2 Å². The third-order valence-corrected chi connectivity index (χ3v) is 3.31. The highest BCUT2D eigenvalue weighted by Gasteiger charge is 2.18. The molecule has 1 aromatic carbocycles. The highest BCUT2D eigenvalue weighted by molar-refractivity contribution is 5.76. The van der Waals surface area contributed by atoms with Crippen molar-refractivity contribution in [1.29, 1.82) is 0 Å². The van der Waals surface area contributed by atoms with Crippen LogP contribution in [0.1, 0.15) is 44.2 Å². The van der Waals surface area contributed by atoms with Crippen molar-refractivity contribution in [3.05, 3.63) is 35.4 Å². The van der Waals surface area contributed by atoms with E-state index in [9.17, 15) is 4.79 Å². The van der Waals surface area contributed by atoms with E-state index < -0.39 is 0 Å². The second kappa shape index (κ2) is 6.43. The zero-order chi connectivity index (χ0) is 12.8. The lowest BCUT2D eigenvalue weighted by Gasteiger charge is -2.20. The first-order valence-electron chi connectivity index (χ1n) is 6.37. The molecule has 1 rings (SSSR count). The molecule has 0 aliphatic heterocycles. The summed E-state index contributed by atoms with van der Waals surface area (Å²) in [6.07, 6.45) is 1.63. The summed E-state index contributed by atoms with van der Waals surface area (Å²) in [6.45, 7) is 6.49. The quantitative estimate of drug-likeness (QED) is 0.831. The fourth-order valence-electron chi connectivity index (χ4n) is 2.04. The van der Waals surface area contributed by atoms with Crippen LogP contribution in [0.2, 0.25) is 0 Å². The molecule has 1 aromatic rings. The van der Waals surface area contributed by atoms with Gasteiger partial charge in [0.05, 0.1) is 0 Å². The molecule has 1 unspecified atom stereocenters. The average Bonchev–Trinajstić information content (AvgIpc) is 2.35. The Bertz CT molecular complexity index is 354. The molecular formula is C15H23NO. The molecule has 1 atom stereocenters. The highest BCUT2D eigenvalue weighted by Crippen LogP contribution is 2.28. The molecule has 0 heterocycles. The maximum absolute atomic E-state index is 11.5. The molecule has 0 saturated heterocycles. The number of carbonyl (C=O) groups excluding carboxylic acids is 1. The summed E-state index contributed by atoms with van der Waals surface area (Å²) < 4.78 is 0. The van der Waals surface area contributed by atoms with Gasteiger partial charge in [-0.05, 0) is 29.4 Å². The molecule has 1 N–H and O–H groups in total. The van der Waals surface area contributed by atoms with Crippen LogP contribution < -0.4 is 5.32 Å². The summed E-state index contributed by atoms with van der Waals surface area (Å²) in [7, 11) is 1.69. The van der Waals surface area contributed by atoms with E-state index in [0.29, 0.717) is 18.3 Å². The summed E-state index contributed by atoms with van der Waals surface area (Å²) >= 11 is 0. The van der Waals surface area contributed by atoms with Crippen LogP contribution in [0.3, 0.4) is 0 Å². The number of amides is 1. The van der Waals surface area contributed by atoms with Crippen molar-refractivity contribution in [3.8, 4) is 0 Å². The van der Waals surface area contributed by atoms with Crippen molar-refractivity contribution >= 4 is 5.91 Å². The summed E-state index contributed by atoms with van der Waals surface area (Å²) in [4.78, 5) is 11.5. The summed E-state index contributed by atoms with van der Waals surface area (Å²) in [5.41, 5.74) is 2.61. The number of hydrogen-bond donors (Lipinski definition) is 1. The van der Waals surface area contributed by atoms with Gasteiger partial charge in [-0.1, -0.05) is 45.0 Å². The topological polar surface area (TPSA) is 29.1 Å². The van der Waals surface area contributed by atoms with Crippen LogP contribution in [0, 0.1) is 5.92 Å². The van der Waals surface area contributed by atoms with E-state index in [1.807, 2.05) is 0 Å². The lowest BCUT2D eigenvalue weighted by molar-refractivity contribution is -0.121. The molecule has 0 radical (unpaired) electrons. The van der Waals surface area contributed by atoms with Gasteiger partial charge in [-0.2, -0.15) is 0 Å². The van der Waals surface area contributed by atoms with E-state index in [0.717, 1.165) is 6.42 Å². The van der Waals surface area contributed by atoms with Crippen molar-refractivity contribution in [2.45, 2.75) is 39.5 Å². The van der Waals surface area contributed by atoms with Gasteiger partial charge in [0.15, 0.2) is 0 Å². The first-order valence-corrected chi connectivity index (χ1v) is 6.37. The SMILES string of the molecule is CCc1ccc(C(CC(=O)NC)C(C)C)cc1. The minimum absolute atomic E-state index is 0.114. The molecule has 94 valence electrons. The summed E-state index contributed by atoms with van der Waals surface area (Å²) in [5, 5.41) is 2.70. The third-order valence-electron chi connectivity index (χ3n) is 3.31. The van der Waals surface area contributed by atoms with E-state index in [1.165, 1.54) is 11.1 Å². The normalized spacial score (nSPS) is 12.5. The Balaban J connectivity index is 2.85. The summed E-state index contributed by atoms with van der Waals surface area (Å²) in [6, 6.07) is 8.64. The Morgan fingerprint density at radius 3 is 2.24 bits per heavy atom. The van der Waals surface area contributed by atoms with Gasteiger partial charge in [0.1, 0.15) is 0 Å². The Kier molecular flexibility index (Phi) is 5.20. The van der Waals surface area contributed by atoms with E-state index in [1.54, 1.807) is 7.05 Å². The second-order valence-electron chi connectivity index (χ2n) is 4.82. The fraction of sp³-hybridized carbons (Fsp3) is 0.533. The Hall–Kier alpha value is -1.31. The van der Waals surface area contributed by atoms with Crippen molar-refractivity contribution < 1.29 is 4.79 Å². The van der Waals surface area contributed by atoms with Gasteiger partial charge in [0, 0.05) is 13.5 Å². The maximum atomic E-state index is 11.5. The average molecular weight is 233 g/mol. The van der Waals surface area contributed by atoms with E-state index in [2.05, 4.69) is 50.4 Å². The first kappa shape index (κ1) is 13.8. The molecule has 0 saturated carbocycles. The van der Waals surface area contributed by atoms with Crippen molar-refractivity contribution in [3.63, 3.8) is 0 Å². The van der Waals surface area contributed by atoms with Crippen LogP contribution in [0.25, 0.3) is 0 Å². The number of hydrogen-bond acceptors (Lipinski definition) is 1. The van der Waals surface area contributed by atoms with Crippen molar-refractivity contribution in [2.24, 2.45) is 5.92 Å². The number of benzene rings is 1. The standard InChI is InChI=1S/C15H23NO/c1-5-12-6-8-13(9-7-12)14(11(2)3)10-15(17)16-4/h6-9,11,14H,5,10H2,1-4H3,(H,16,17). The minimum atomic E-state index is 0.114. The monoisotopic (exact) mass is 233 g/mol. The van der Waals surface area contributed by atoms with Crippen LogP contribution in [0.4, 0.5) is 0 Å². The molecule has 0 bridgehead atoms. The minimum Gasteiger partial charge on any atom is -0.359 e. The Morgan fingerprint density at radius 2 is 1.82 bits per heavy atom. The molecule has 0 aromatic heterocycles. The summed E-state index contributed by atoms with van der Waals surface area (Å²) in [5.74, 6) is 0.893. The lowest BCUT2D eigenvalue weighted by atomic mass is 9.85. The van der Waals surface area contributed by atoms with Gasteiger partial charge in [0.2, 0.25) is 5.91 Å². The van der Waals surface area contributed by atoms with Crippen LogP contribution in [0.15, 0.2) is 24.3 Å². The first-order chi connectivity index (χ1) is 8.08. The predicted octanol–water partition coefficient (Wildman–Crippen LogP) is 3.12. The van der Waals surface area contributed by atoms with E-state index in [-0.39, 0.29) is 5.91 Å². The van der Waals surface area contributed by atoms with Crippen LogP contribution in [0.5, 0.6) is 0 Å². The predicted molar refractivity (Wildman–Crippen MR) is 72.1 cm³/mol. The lowest BCUT2D eigenvalue weighted by Crippen LogP contribution is -2.22. The molecule has 2 heteroatoms. The van der Waals surface area contributed by atoms with Crippen LogP contribution >= 0.6 is 0 Å². The number of carbonyl (C=O) groups is 1. The molecule has 0 aliphatic carbocycles. The molecular weight excluding hydrogens is 210 g/mol. The Morgan fingerprint density at radius 1 is 1.24 bits per heavy atom. The van der Waals surface area contributed by atoms with Gasteiger partial charge in [-0.15, -0.1) is 0 Å². The smallest absolute Gasteiger partial charge is 0.220 e. The largest absolute Gasteiger partial charge is 0.359 e. The van der Waals surface area contributed by atoms with E-state index in [4.69, 9.17) is 0 Å². The molecule has 2 nitrogen and oxygen atoms in total. The molecule has 0 spiro atoms. The number of nitrogens with one attached hydrogen (secondary N) is 1. The molecule has 17 heavy (non-hydrogen) atoms. The number of aryl methyl sites for hydroxylation is 1. The van der Waals surface area contributed by atoms with Gasteiger partial charge in [0.25, 0.3) is 0 Å². The van der Waals surface area contributed by atoms with Gasteiger partial charge < -0.3 is 5.32 Å². The van der Waals surface area contributed by atoms with Crippen LogP contribution in [-0.4, -0.2) is 13.0 Å². The fourth-order valence-corrected chi connectivity index (χ4v) is 2.04. The van der Waals surface area contributed by atoms with Gasteiger partial charge in [-0.3, -0.25) is 4.79 Å². The zero-order valence-corrected chi connectivity index (χ0v) is 11.3. The molecule has 0 fully saturated rings. The third kappa shape index (κ3) is 3.88. The highest BCUT2D eigenvalue weighted by atomic mass is 16.1. The number of rotatable bonds is 5. The molecule has 0 aliphatic rings. The molecule has 1 amide bonds. The van der Waals surface area contributed by atoms with E-state index >= 15 is 0 Å². The van der Waals surface area contributed by atoms with Gasteiger partial charge in [-0.25, -0.2) is 0 Å². The second-order valence-corrected chi connectivity index (χ2v) is 4.82. The zero-order valence-electron chi connectivity index (χ0n) is 11.3. The maximum Gasteiger partial charge on any atom is 0.220 e. The van der Waals surface area contributed by atoms with Crippen molar-refractivity contribution in [1.82, 2.24) is 5.32 Å². The Labute approximate surface area is 104 Å². The van der Waals surface area contributed by atoms with Crippen molar-refractivity contribution in [2.75, 3.05) is 7.05 Å². The van der Waals surface area contributed by atoms with Gasteiger partial charge >= 0.3 is 0 Å².